The van der Waals surface area contributed by atoms with E-state index in [-0.39, 0.29) is 11.6 Å². The molecule has 2 aliphatic rings. The standard InChI is InChI=1S/C16H17FN4O3/c17-12-3-4-13(14(9-12)21(22)23)20-7-5-10(6-8-20)15-18-16(24-19-15)11-1-2-11/h3-4,9-11H,1-2,5-8H2. The Balaban J connectivity index is 1.46. The molecule has 0 bridgehead atoms. The van der Waals surface area contributed by atoms with Crippen molar-refractivity contribution in [3.8, 4) is 0 Å². The van der Waals surface area contributed by atoms with E-state index in [0.29, 0.717) is 24.7 Å². The molecule has 126 valence electrons. The zero-order valence-corrected chi connectivity index (χ0v) is 13.0. The van der Waals surface area contributed by atoms with Crippen molar-refractivity contribution in [2.75, 3.05) is 18.0 Å². The number of hydrogen-bond acceptors (Lipinski definition) is 6. The van der Waals surface area contributed by atoms with Crippen LogP contribution in [0.25, 0.3) is 0 Å². The molecule has 24 heavy (non-hydrogen) atoms. The van der Waals surface area contributed by atoms with Crippen molar-refractivity contribution >= 4 is 11.4 Å². The van der Waals surface area contributed by atoms with E-state index < -0.39 is 10.7 Å². The van der Waals surface area contributed by atoms with Gasteiger partial charge in [0.1, 0.15) is 11.5 Å². The Bertz CT molecular complexity index is 766. The van der Waals surface area contributed by atoms with Crippen LogP contribution < -0.4 is 4.90 Å². The molecule has 1 aromatic heterocycles. The molecule has 1 aliphatic carbocycles. The number of benzene rings is 1. The highest BCUT2D eigenvalue weighted by atomic mass is 19.1. The molecule has 0 atom stereocenters. The second-order valence-electron chi connectivity index (χ2n) is 6.42. The van der Waals surface area contributed by atoms with E-state index in [0.717, 1.165) is 43.5 Å². The van der Waals surface area contributed by atoms with Crippen LogP contribution in [0.5, 0.6) is 0 Å². The Morgan fingerprint density at radius 2 is 1.96 bits per heavy atom. The normalized spacial score (nSPS) is 18.8. The third-order valence-corrected chi connectivity index (χ3v) is 4.72. The van der Waals surface area contributed by atoms with Gasteiger partial charge in [0.05, 0.1) is 11.0 Å². The number of nitro groups is 1. The smallest absolute Gasteiger partial charge is 0.295 e. The second kappa shape index (κ2) is 5.85. The van der Waals surface area contributed by atoms with Crippen molar-refractivity contribution in [1.29, 1.82) is 0 Å². The van der Waals surface area contributed by atoms with E-state index >= 15 is 0 Å². The summed E-state index contributed by atoms with van der Waals surface area (Å²) in [6, 6.07) is 3.71. The molecule has 2 heterocycles. The monoisotopic (exact) mass is 332 g/mol. The lowest BCUT2D eigenvalue weighted by molar-refractivity contribution is -0.384. The topological polar surface area (TPSA) is 85.3 Å². The average molecular weight is 332 g/mol. The van der Waals surface area contributed by atoms with Crippen LogP contribution in [0.4, 0.5) is 15.8 Å². The highest BCUT2D eigenvalue weighted by Gasteiger charge is 2.32. The Morgan fingerprint density at radius 3 is 2.62 bits per heavy atom. The highest BCUT2D eigenvalue weighted by molar-refractivity contribution is 5.63. The minimum absolute atomic E-state index is 0.191. The molecule has 1 saturated carbocycles. The summed E-state index contributed by atoms with van der Waals surface area (Å²) < 4.78 is 18.6. The number of aromatic nitrogens is 2. The van der Waals surface area contributed by atoms with Gasteiger partial charge in [-0.05, 0) is 37.8 Å². The number of piperidine rings is 1. The lowest BCUT2D eigenvalue weighted by Gasteiger charge is -2.32. The zero-order chi connectivity index (χ0) is 16.7. The highest BCUT2D eigenvalue weighted by Crippen LogP contribution is 2.40. The molecule has 4 rings (SSSR count). The lowest BCUT2D eigenvalue weighted by atomic mass is 9.95. The van der Waals surface area contributed by atoms with Crippen LogP contribution in [0.15, 0.2) is 22.7 Å². The van der Waals surface area contributed by atoms with Gasteiger partial charge in [-0.25, -0.2) is 4.39 Å². The van der Waals surface area contributed by atoms with Crippen LogP contribution >= 0.6 is 0 Å². The maximum atomic E-state index is 13.3. The molecular weight excluding hydrogens is 315 g/mol. The Labute approximate surface area is 137 Å². The number of anilines is 1. The maximum Gasteiger partial charge on any atom is 0.295 e. The maximum absolute atomic E-state index is 13.3. The number of rotatable bonds is 4. The molecule has 2 aromatic rings. The minimum Gasteiger partial charge on any atom is -0.366 e. The van der Waals surface area contributed by atoms with Crippen LogP contribution in [0.2, 0.25) is 0 Å². The summed E-state index contributed by atoms with van der Waals surface area (Å²) in [4.78, 5) is 17.0. The molecule has 0 unspecified atom stereocenters. The first-order chi connectivity index (χ1) is 11.6. The van der Waals surface area contributed by atoms with E-state index in [4.69, 9.17) is 4.52 Å². The Kier molecular flexibility index (Phi) is 3.66. The number of hydrogen-bond donors (Lipinski definition) is 0. The average Bonchev–Trinajstić information content (AvgIpc) is 3.32. The SMILES string of the molecule is O=[N+]([O-])c1cc(F)ccc1N1CCC(c2noc(C3CC3)n2)CC1. The summed E-state index contributed by atoms with van der Waals surface area (Å²) in [7, 11) is 0. The first kappa shape index (κ1) is 15.0. The molecule has 0 N–H and O–H groups in total. The van der Waals surface area contributed by atoms with Gasteiger partial charge in [0.2, 0.25) is 5.89 Å². The third kappa shape index (κ3) is 2.83. The minimum atomic E-state index is -0.597. The first-order valence-electron chi connectivity index (χ1n) is 8.14. The molecule has 2 fully saturated rings. The van der Waals surface area contributed by atoms with Gasteiger partial charge in [-0.2, -0.15) is 4.98 Å². The molecule has 7 nitrogen and oxygen atoms in total. The molecule has 1 aromatic carbocycles. The van der Waals surface area contributed by atoms with E-state index in [1.807, 2.05) is 4.90 Å². The van der Waals surface area contributed by atoms with Crippen molar-refractivity contribution in [3.05, 3.63) is 45.8 Å². The Hall–Kier alpha value is -2.51. The van der Waals surface area contributed by atoms with Crippen LogP contribution in [-0.4, -0.2) is 28.2 Å². The van der Waals surface area contributed by atoms with E-state index in [2.05, 4.69) is 10.1 Å². The summed E-state index contributed by atoms with van der Waals surface area (Å²) in [6.45, 7) is 1.29. The number of nitro benzene ring substituents is 1. The number of nitrogens with zero attached hydrogens (tertiary/aromatic N) is 4. The quantitative estimate of drug-likeness (QED) is 0.630. The first-order valence-corrected chi connectivity index (χ1v) is 8.14. The van der Waals surface area contributed by atoms with Crippen molar-refractivity contribution < 1.29 is 13.8 Å². The van der Waals surface area contributed by atoms with E-state index in [1.54, 1.807) is 0 Å². The van der Waals surface area contributed by atoms with Gasteiger partial charge in [-0.15, -0.1) is 0 Å². The van der Waals surface area contributed by atoms with Crippen molar-refractivity contribution in [2.45, 2.75) is 37.5 Å². The van der Waals surface area contributed by atoms with Crippen molar-refractivity contribution in [2.24, 2.45) is 0 Å². The van der Waals surface area contributed by atoms with Crippen LogP contribution in [-0.2, 0) is 0 Å². The van der Waals surface area contributed by atoms with Crippen LogP contribution in [0.1, 0.15) is 49.2 Å². The molecule has 1 saturated heterocycles. The van der Waals surface area contributed by atoms with Gasteiger partial charge in [0, 0.05) is 24.9 Å². The zero-order valence-electron chi connectivity index (χ0n) is 13.0. The van der Waals surface area contributed by atoms with Crippen LogP contribution in [0.3, 0.4) is 0 Å². The molecule has 1 aliphatic heterocycles. The summed E-state index contributed by atoms with van der Waals surface area (Å²) in [5, 5.41) is 15.2. The third-order valence-electron chi connectivity index (χ3n) is 4.72. The van der Waals surface area contributed by atoms with Gasteiger partial charge in [0.15, 0.2) is 5.82 Å². The Morgan fingerprint density at radius 1 is 1.21 bits per heavy atom. The molecule has 8 heteroatoms. The second-order valence-corrected chi connectivity index (χ2v) is 6.42. The molecule has 0 spiro atoms. The predicted octanol–water partition coefficient (Wildman–Crippen LogP) is 3.38. The molecule has 0 radical (unpaired) electrons. The fraction of sp³-hybridized carbons (Fsp3) is 0.500. The summed E-state index contributed by atoms with van der Waals surface area (Å²) >= 11 is 0. The number of halogens is 1. The van der Waals surface area contributed by atoms with Crippen molar-refractivity contribution in [1.82, 2.24) is 10.1 Å². The van der Waals surface area contributed by atoms with Gasteiger partial charge < -0.3 is 9.42 Å². The van der Waals surface area contributed by atoms with E-state index in [9.17, 15) is 14.5 Å². The predicted molar refractivity (Wildman–Crippen MR) is 83.5 cm³/mol. The fourth-order valence-electron chi connectivity index (χ4n) is 3.20. The van der Waals surface area contributed by atoms with Gasteiger partial charge in [-0.3, -0.25) is 10.1 Å². The summed E-state index contributed by atoms with van der Waals surface area (Å²) in [6.07, 6.45) is 3.82. The molecule has 0 amide bonds. The largest absolute Gasteiger partial charge is 0.366 e. The lowest BCUT2D eigenvalue weighted by Crippen LogP contribution is -2.33. The van der Waals surface area contributed by atoms with Crippen LogP contribution in [0, 0.1) is 15.9 Å². The summed E-state index contributed by atoms with van der Waals surface area (Å²) in [5.74, 6) is 1.52. The summed E-state index contributed by atoms with van der Waals surface area (Å²) in [5.41, 5.74) is 0.274. The molecular formula is C16H17FN4O3. The van der Waals surface area contributed by atoms with Gasteiger partial charge >= 0.3 is 0 Å². The van der Waals surface area contributed by atoms with Gasteiger partial charge in [-0.1, -0.05) is 5.16 Å². The van der Waals surface area contributed by atoms with E-state index in [1.165, 1.54) is 12.1 Å². The fourth-order valence-corrected chi connectivity index (χ4v) is 3.20. The van der Waals surface area contributed by atoms with Gasteiger partial charge in [0.25, 0.3) is 5.69 Å². The van der Waals surface area contributed by atoms with Crippen molar-refractivity contribution in [3.63, 3.8) is 0 Å².